The number of benzene rings is 3. The van der Waals surface area contributed by atoms with Crippen molar-refractivity contribution in [3.05, 3.63) is 102 Å². The molecule has 1 unspecified atom stereocenters. The van der Waals surface area contributed by atoms with E-state index < -0.39 is 0 Å². The molecular formula is C25H20N2. The summed E-state index contributed by atoms with van der Waals surface area (Å²) in [5.74, 6) is 0.955. The van der Waals surface area contributed by atoms with Gasteiger partial charge in [0.2, 0.25) is 0 Å². The van der Waals surface area contributed by atoms with Crippen LogP contribution in [-0.2, 0) is 0 Å². The molecule has 2 aliphatic rings. The summed E-state index contributed by atoms with van der Waals surface area (Å²) in [6, 6.07) is 24.0. The summed E-state index contributed by atoms with van der Waals surface area (Å²) < 4.78 is 0. The Morgan fingerprint density at radius 2 is 1.59 bits per heavy atom. The molecule has 0 aromatic heterocycles. The van der Waals surface area contributed by atoms with Gasteiger partial charge in [-0.3, -0.25) is 4.99 Å². The summed E-state index contributed by atoms with van der Waals surface area (Å²) in [4.78, 5) is 4.69. The molecule has 3 aromatic rings. The van der Waals surface area contributed by atoms with E-state index in [0.717, 1.165) is 11.5 Å². The zero-order valence-corrected chi connectivity index (χ0v) is 15.2. The third-order valence-corrected chi connectivity index (χ3v) is 5.20. The lowest BCUT2D eigenvalue weighted by molar-refractivity contribution is 0.922. The molecule has 5 rings (SSSR count). The van der Waals surface area contributed by atoms with Crippen molar-refractivity contribution in [3.63, 3.8) is 0 Å². The molecule has 2 heteroatoms. The number of hydrogen-bond donors (Lipinski definition) is 1. The Kier molecular flexibility index (Phi) is 3.75. The van der Waals surface area contributed by atoms with Gasteiger partial charge in [-0.25, -0.2) is 0 Å². The van der Waals surface area contributed by atoms with Gasteiger partial charge in [-0.15, -0.1) is 0 Å². The average molecular weight is 348 g/mol. The van der Waals surface area contributed by atoms with Crippen molar-refractivity contribution in [1.29, 1.82) is 0 Å². The normalized spacial score (nSPS) is 18.3. The summed E-state index contributed by atoms with van der Waals surface area (Å²) in [5.41, 5.74) is 6.06. The predicted molar refractivity (Wildman–Crippen MR) is 115 cm³/mol. The molecule has 130 valence electrons. The van der Waals surface area contributed by atoms with Gasteiger partial charge in [-0.2, -0.15) is 0 Å². The lowest BCUT2D eigenvalue weighted by Crippen LogP contribution is -2.29. The smallest absolute Gasteiger partial charge is 0.0987 e. The van der Waals surface area contributed by atoms with Gasteiger partial charge in [0.05, 0.1) is 17.6 Å². The highest BCUT2D eigenvalue weighted by Gasteiger charge is 2.21. The molecule has 1 N–H and O–H groups in total. The van der Waals surface area contributed by atoms with Crippen LogP contribution in [0, 0.1) is 0 Å². The first kappa shape index (κ1) is 15.8. The highest BCUT2D eigenvalue weighted by Crippen LogP contribution is 2.31. The maximum Gasteiger partial charge on any atom is 0.0987 e. The van der Waals surface area contributed by atoms with E-state index in [4.69, 9.17) is 0 Å². The Bertz CT molecular complexity index is 1140. The maximum atomic E-state index is 4.69. The van der Waals surface area contributed by atoms with Crippen LogP contribution in [0.2, 0.25) is 0 Å². The second kappa shape index (κ2) is 6.40. The van der Waals surface area contributed by atoms with Gasteiger partial charge in [0.1, 0.15) is 0 Å². The number of allylic oxidation sites excluding steroid dienone is 2. The van der Waals surface area contributed by atoms with Gasteiger partial charge in [-0.1, -0.05) is 91.0 Å². The zero-order chi connectivity index (χ0) is 18.2. The van der Waals surface area contributed by atoms with Crippen LogP contribution >= 0.6 is 0 Å². The Morgan fingerprint density at radius 1 is 0.815 bits per heavy atom. The van der Waals surface area contributed by atoms with Crippen molar-refractivity contribution in [2.75, 3.05) is 0 Å². The summed E-state index contributed by atoms with van der Waals surface area (Å²) in [6.07, 6.45) is 8.44. The first-order valence-electron chi connectivity index (χ1n) is 9.29. The standard InChI is InChI=1S/C25H20N2/c1-17-26-24-12-5-4-10-23(24)25(27-17)20-15-13-19(14-16-20)22-11-6-8-18-7-2-3-9-21(18)22/h2-16,24H,1H3,(H,26,27). The number of nitrogens with zero attached hydrogens (tertiary/aromatic N) is 1. The topological polar surface area (TPSA) is 24.4 Å². The van der Waals surface area contributed by atoms with E-state index in [1.807, 2.05) is 6.92 Å². The molecule has 0 saturated heterocycles. The second-order valence-electron chi connectivity index (χ2n) is 6.96. The molecule has 27 heavy (non-hydrogen) atoms. The SMILES string of the molecule is CC1=NC2C=CC=CC2=C(c2ccc(-c3cccc4ccccc34)cc2)N1. The molecule has 0 bridgehead atoms. The molecule has 1 atom stereocenters. The number of nitrogens with one attached hydrogen (secondary N) is 1. The second-order valence-corrected chi connectivity index (χ2v) is 6.96. The van der Waals surface area contributed by atoms with Crippen molar-refractivity contribution >= 4 is 22.3 Å². The molecule has 1 aliphatic heterocycles. The van der Waals surface area contributed by atoms with Gasteiger partial charge >= 0.3 is 0 Å². The van der Waals surface area contributed by atoms with Crippen LogP contribution in [-0.4, -0.2) is 11.9 Å². The van der Waals surface area contributed by atoms with Gasteiger partial charge in [-0.05, 0) is 34.4 Å². The molecule has 3 aromatic carbocycles. The van der Waals surface area contributed by atoms with E-state index in [-0.39, 0.29) is 6.04 Å². The van der Waals surface area contributed by atoms with Crippen LogP contribution in [0.5, 0.6) is 0 Å². The quantitative estimate of drug-likeness (QED) is 0.628. The van der Waals surface area contributed by atoms with Crippen LogP contribution < -0.4 is 5.32 Å². The molecular weight excluding hydrogens is 328 g/mol. The van der Waals surface area contributed by atoms with Crippen LogP contribution in [0.4, 0.5) is 0 Å². The fourth-order valence-corrected chi connectivity index (χ4v) is 3.90. The van der Waals surface area contributed by atoms with E-state index in [0.29, 0.717) is 0 Å². The first-order chi connectivity index (χ1) is 13.3. The molecule has 0 saturated carbocycles. The number of hydrogen-bond acceptors (Lipinski definition) is 2. The highest BCUT2D eigenvalue weighted by molar-refractivity contribution is 5.97. The largest absolute Gasteiger partial charge is 0.343 e. The number of aliphatic imine (C=N–C) groups is 1. The Morgan fingerprint density at radius 3 is 2.48 bits per heavy atom. The van der Waals surface area contributed by atoms with E-state index in [1.54, 1.807) is 0 Å². The molecule has 1 heterocycles. The summed E-state index contributed by atoms with van der Waals surface area (Å²) in [5, 5.41) is 6.02. The minimum Gasteiger partial charge on any atom is -0.343 e. The van der Waals surface area contributed by atoms with Crippen molar-refractivity contribution in [2.24, 2.45) is 4.99 Å². The minimum atomic E-state index is 0.115. The van der Waals surface area contributed by atoms with E-state index >= 15 is 0 Å². The lowest BCUT2D eigenvalue weighted by Gasteiger charge is -2.25. The predicted octanol–water partition coefficient (Wildman–Crippen LogP) is 5.73. The van der Waals surface area contributed by atoms with Crippen molar-refractivity contribution in [2.45, 2.75) is 13.0 Å². The van der Waals surface area contributed by atoms with Gasteiger partial charge in [0.15, 0.2) is 0 Å². The van der Waals surface area contributed by atoms with Gasteiger partial charge < -0.3 is 5.32 Å². The van der Waals surface area contributed by atoms with Crippen LogP contribution in [0.1, 0.15) is 12.5 Å². The molecule has 0 spiro atoms. The summed E-state index contributed by atoms with van der Waals surface area (Å²) in [7, 11) is 0. The molecule has 0 radical (unpaired) electrons. The van der Waals surface area contributed by atoms with Crippen LogP contribution in [0.15, 0.2) is 102 Å². The average Bonchev–Trinajstić information content (AvgIpc) is 2.73. The maximum absolute atomic E-state index is 4.69. The van der Waals surface area contributed by atoms with E-state index in [9.17, 15) is 0 Å². The highest BCUT2D eigenvalue weighted by atomic mass is 15.0. The Hall–Kier alpha value is -3.39. The van der Waals surface area contributed by atoms with Crippen LogP contribution in [0.25, 0.3) is 27.6 Å². The van der Waals surface area contributed by atoms with Crippen molar-refractivity contribution in [3.8, 4) is 11.1 Å². The summed E-state index contributed by atoms with van der Waals surface area (Å²) >= 11 is 0. The van der Waals surface area contributed by atoms with E-state index in [1.165, 1.54) is 33.0 Å². The van der Waals surface area contributed by atoms with Crippen molar-refractivity contribution < 1.29 is 0 Å². The molecule has 0 amide bonds. The fourth-order valence-electron chi connectivity index (χ4n) is 3.90. The summed E-state index contributed by atoms with van der Waals surface area (Å²) in [6.45, 7) is 2.02. The molecule has 1 aliphatic carbocycles. The molecule has 2 nitrogen and oxygen atoms in total. The minimum absolute atomic E-state index is 0.115. The van der Waals surface area contributed by atoms with Crippen molar-refractivity contribution in [1.82, 2.24) is 5.32 Å². The third-order valence-electron chi connectivity index (χ3n) is 5.20. The van der Waals surface area contributed by atoms with Gasteiger partial charge in [0, 0.05) is 5.57 Å². The third kappa shape index (κ3) is 2.80. The molecule has 0 fully saturated rings. The Labute approximate surface area is 159 Å². The van der Waals surface area contributed by atoms with Crippen LogP contribution in [0.3, 0.4) is 0 Å². The number of amidine groups is 1. The lowest BCUT2D eigenvalue weighted by atomic mass is 9.93. The number of rotatable bonds is 2. The first-order valence-corrected chi connectivity index (χ1v) is 9.29. The Balaban J connectivity index is 1.57. The van der Waals surface area contributed by atoms with E-state index in [2.05, 4.69) is 101 Å². The number of fused-ring (bicyclic) bond motifs is 2. The van der Waals surface area contributed by atoms with Gasteiger partial charge in [0.25, 0.3) is 0 Å². The fraction of sp³-hybridized carbons (Fsp3) is 0.0800. The monoisotopic (exact) mass is 348 g/mol. The zero-order valence-electron chi connectivity index (χ0n) is 15.2.